The van der Waals surface area contributed by atoms with Crippen molar-refractivity contribution in [3.8, 4) is 0 Å². The van der Waals surface area contributed by atoms with Gasteiger partial charge in [-0.1, -0.05) is 12.1 Å². The zero-order chi connectivity index (χ0) is 14.9. The Morgan fingerprint density at radius 1 is 0.696 bits per heavy atom. The molecule has 2 aliphatic rings. The summed E-state index contributed by atoms with van der Waals surface area (Å²) in [7, 11) is 0. The van der Waals surface area contributed by atoms with E-state index in [1.165, 1.54) is 18.2 Å². The van der Waals surface area contributed by atoms with E-state index < -0.39 is 23.6 Å². The Morgan fingerprint density at radius 3 is 1.78 bits per heavy atom. The first-order chi connectivity index (χ1) is 9.99. The van der Waals surface area contributed by atoms with Crippen molar-refractivity contribution in [2.45, 2.75) is 6.92 Å². The van der Waals surface area contributed by atoms with Crippen LogP contribution in [0.4, 0.5) is 0 Å². The molecule has 0 bridgehead atoms. The van der Waals surface area contributed by atoms with E-state index in [0.717, 1.165) is 0 Å². The van der Waals surface area contributed by atoms with Crippen LogP contribution < -0.4 is 0 Å². The van der Waals surface area contributed by atoms with Gasteiger partial charge in [-0.25, -0.2) is 0 Å². The third-order valence-electron chi connectivity index (χ3n) is 3.79. The number of carbonyl (C=O) groups is 4. The fraction of sp³-hybridized carbons (Fsp3) is 0.0667. The standard InChI is InChI=1S/C15H8N2O4.2Y/c1-5-4-8-10-6(12(18)16-14(8)20)2-3-7-11(10)9(5)15(21)17-13(7)19;;/h2-4H,1H3,(H2,16,17,18,19,20,21);;/p-2. The van der Waals surface area contributed by atoms with Gasteiger partial charge in [0.05, 0.1) is 23.6 Å². The van der Waals surface area contributed by atoms with Crippen LogP contribution in [0.25, 0.3) is 21.4 Å². The van der Waals surface area contributed by atoms with Crippen LogP contribution in [0.1, 0.15) is 47.0 Å². The Morgan fingerprint density at radius 2 is 1.17 bits per heavy atom. The molecule has 4 amide bonds. The second kappa shape index (κ2) is 6.24. The van der Waals surface area contributed by atoms with E-state index in [2.05, 4.69) is 10.6 Å². The molecule has 2 aromatic carbocycles. The minimum Gasteiger partial charge on any atom is -0.587 e. The van der Waals surface area contributed by atoms with Crippen molar-refractivity contribution in [3.05, 3.63) is 56.6 Å². The van der Waals surface area contributed by atoms with Crippen LogP contribution in [-0.4, -0.2) is 23.6 Å². The van der Waals surface area contributed by atoms with Gasteiger partial charge in [0.15, 0.2) is 0 Å². The van der Waals surface area contributed by atoms with Crippen LogP contribution in [-0.2, 0) is 65.4 Å². The zero-order valence-corrected chi connectivity index (χ0v) is 17.6. The molecule has 108 valence electrons. The van der Waals surface area contributed by atoms with Crippen LogP contribution in [0, 0.1) is 6.92 Å². The molecule has 0 aliphatic carbocycles. The molecule has 0 spiro atoms. The predicted molar refractivity (Wildman–Crippen MR) is 72.7 cm³/mol. The number of aryl methyl sites for hydroxylation is 1. The molecule has 0 aromatic heterocycles. The zero-order valence-electron chi connectivity index (χ0n) is 11.9. The topological polar surface area (TPSA) is 96.5 Å². The summed E-state index contributed by atoms with van der Waals surface area (Å²) in [5.74, 6) is -2.60. The molecule has 8 heteroatoms. The summed E-state index contributed by atoms with van der Waals surface area (Å²) in [6.07, 6.45) is 0. The molecule has 0 saturated carbocycles. The normalized spacial score (nSPS) is 14.7. The molecule has 0 atom stereocenters. The predicted octanol–water partition coefficient (Wildman–Crippen LogP) is 2.48. The van der Waals surface area contributed by atoms with Gasteiger partial charge in [-0.3, -0.25) is 0 Å². The van der Waals surface area contributed by atoms with Gasteiger partial charge in [0.2, 0.25) is 0 Å². The van der Waals surface area contributed by atoms with Gasteiger partial charge in [-0.2, -0.15) is 0 Å². The maximum absolute atomic E-state index is 12.0. The second-order valence-electron chi connectivity index (χ2n) is 4.97. The summed E-state index contributed by atoms with van der Waals surface area (Å²) in [6, 6.07) is 4.42. The minimum atomic E-state index is -0.656. The molecule has 2 radical (unpaired) electrons. The average molecular weight is 456 g/mol. The van der Waals surface area contributed by atoms with Crippen LogP contribution in [0.15, 0.2) is 18.2 Å². The first kappa shape index (κ1) is 18.5. The third kappa shape index (κ3) is 2.47. The molecule has 0 fully saturated rings. The largest absolute Gasteiger partial charge is 0.587 e. The second-order valence-corrected chi connectivity index (χ2v) is 4.97. The first-order valence-electron chi connectivity index (χ1n) is 6.20. The monoisotopic (exact) mass is 456 g/mol. The number of hydrogen-bond donors (Lipinski definition) is 0. The number of hydrogen-bond acceptors (Lipinski definition) is 4. The Bertz CT molecular complexity index is 937. The van der Waals surface area contributed by atoms with Crippen LogP contribution in [0.2, 0.25) is 0 Å². The number of amides is 4. The van der Waals surface area contributed by atoms with E-state index in [1.54, 1.807) is 6.92 Å². The van der Waals surface area contributed by atoms with Crippen molar-refractivity contribution in [2.75, 3.05) is 0 Å². The first-order valence-corrected chi connectivity index (χ1v) is 6.20. The van der Waals surface area contributed by atoms with E-state index in [4.69, 9.17) is 0 Å². The molecule has 2 aliphatic heterocycles. The van der Waals surface area contributed by atoms with E-state index in [1.807, 2.05) is 0 Å². The number of benzene rings is 2. The molecule has 0 saturated heterocycles. The van der Waals surface area contributed by atoms with Gasteiger partial charge < -0.3 is 29.8 Å². The fourth-order valence-electron chi connectivity index (χ4n) is 2.92. The van der Waals surface area contributed by atoms with Crippen molar-refractivity contribution in [1.82, 2.24) is 0 Å². The molecule has 23 heavy (non-hydrogen) atoms. The molecule has 2 heterocycles. The van der Waals surface area contributed by atoms with E-state index >= 15 is 0 Å². The van der Waals surface area contributed by atoms with Crippen molar-refractivity contribution in [3.63, 3.8) is 0 Å². The fourth-order valence-corrected chi connectivity index (χ4v) is 2.92. The summed E-state index contributed by atoms with van der Waals surface area (Å²) in [5, 5.41) is 7.61. The van der Waals surface area contributed by atoms with Gasteiger partial charge >= 0.3 is 0 Å². The van der Waals surface area contributed by atoms with E-state index in [9.17, 15) is 19.2 Å². The van der Waals surface area contributed by atoms with Crippen LogP contribution in [0.5, 0.6) is 0 Å². The molecule has 2 aromatic rings. The Balaban J connectivity index is 0.000000960. The SMILES string of the molecule is Cc1cc2c3c(ccc4c3c1C(=O)[N-]C4=O)C(=O)[N-]C2=O.[Y].[Y]. The maximum Gasteiger partial charge on any atom is 0.0885 e. The molecule has 4 rings (SSSR count). The molecular weight excluding hydrogens is 450 g/mol. The molecule has 0 unspecified atom stereocenters. The van der Waals surface area contributed by atoms with E-state index in [0.29, 0.717) is 16.3 Å². The van der Waals surface area contributed by atoms with Gasteiger partial charge in [0.25, 0.3) is 0 Å². The molecule has 6 nitrogen and oxygen atoms in total. The van der Waals surface area contributed by atoms with Gasteiger partial charge in [-0.15, -0.1) is 0 Å². The summed E-state index contributed by atoms with van der Waals surface area (Å²) in [5.41, 5.74) is 1.51. The Hall–Kier alpha value is -0.812. The Labute approximate surface area is 180 Å². The quantitative estimate of drug-likeness (QED) is 0.570. The number of carbonyl (C=O) groups excluding carboxylic acids is 4. The number of imide groups is 2. The Kier molecular flexibility index (Phi) is 5.03. The van der Waals surface area contributed by atoms with Crippen molar-refractivity contribution in [1.29, 1.82) is 0 Å². The number of nitrogens with zero attached hydrogens (tertiary/aromatic N) is 2. The summed E-state index contributed by atoms with van der Waals surface area (Å²) in [6.45, 7) is 1.66. The molecule has 0 N–H and O–H groups in total. The summed E-state index contributed by atoms with van der Waals surface area (Å²) >= 11 is 0. The van der Waals surface area contributed by atoms with Gasteiger partial charge in [0.1, 0.15) is 0 Å². The average Bonchev–Trinajstić information content (AvgIpc) is 2.42. The third-order valence-corrected chi connectivity index (χ3v) is 3.79. The van der Waals surface area contributed by atoms with Gasteiger partial charge in [-0.05, 0) is 18.6 Å². The van der Waals surface area contributed by atoms with Gasteiger partial charge in [0, 0.05) is 98.4 Å². The van der Waals surface area contributed by atoms with Crippen molar-refractivity contribution < 1.29 is 84.6 Å². The smallest absolute Gasteiger partial charge is 0.0885 e. The van der Waals surface area contributed by atoms with Crippen LogP contribution in [0.3, 0.4) is 0 Å². The maximum atomic E-state index is 12.0. The van der Waals surface area contributed by atoms with Crippen molar-refractivity contribution >= 4 is 34.4 Å². The van der Waals surface area contributed by atoms with E-state index in [-0.39, 0.29) is 87.7 Å². The van der Waals surface area contributed by atoms with Crippen molar-refractivity contribution in [2.24, 2.45) is 0 Å². The molecular formula is C15H6N2O4Y2-2. The minimum absolute atomic E-state index is 0. The summed E-state index contributed by atoms with van der Waals surface area (Å²) in [4.78, 5) is 47.7. The number of rotatable bonds is 0. The summed E-state index contributed by atoms with van der Waals surface area (Å²) < 4.78 is 0. The van der Waals surface area contributed by atoms with Crippen LogP contribution >= 0.6 is 0 Å².